The molecule has 0 saturated carbocycles. The lowest BCUT2D eigenvalue weighted by molar-refractivity contribution is -0.0297. The first-order chi connectivity index (χ1) is 9.60. The highest BCUT2D eigenvalue weighted by Gasteiger charge is 2.35. The van der Waals surface area contributed by atoms with Gasteiger partial charge in [0.1, 0.15) is 6.23 Å². The molecule has 0 bridgehead atoms. The highest BCUT2D eigenvalue weighted by molar-refractivity contribution is 7.98. The maximum atomic E-state index is 11.6. The average molecular weight is 297 g/mol. The van der Waals surface area contributed by atoms with E-state index in [9.17, 15) is 9.90 Å². The third kappa shape index (κ3) is 2.80. The minimum absolute atomic E-state index is 0.221. The first kappa shape index (κ1) is 14.9. The van der Waals surface area contributed by atoms with Gasteiger partial charge in [0.25, 0.3) is 5.56 Å². The van der Waals surface area contributed by atoms with Gasteiger partial charge in [-0.3, -0.25) is 4.79 Å². The first-order valence-electron chi connectivity index (χ1n) is 6.05. The number of rotatable bonds is 4. The molecule has 1 fully saturated rings. The zero-order valence-electron chi connectivity index (χ0n) is 11.1. The van der Waals surface area contributed by atoms with Crippen molar-refractivity contribution in [1.29, 1.82) is 0 Å². The van der Waals surface area contributed by atoms with Crippen LogP contribution in [0.5, 0.6) is 0 Å². The highest BCUT2D eigenvalue weighted by atomic mass is 32.2. The quantitative estimate of drug-likeness (QED) is 0.295. The van der Waals surface area contributed by atoms with Crippen LogP contribution in [0.4, 0.5) is 0 Å². The third-order valence-electron chi connectivity index (χ3n) is 3.17. The molecule has 0 radical (unpaired) electrons. The Labute approximate surface area is 119 Å². The molecule has 1 aliphatic heterocycles. The van der Waals surface area contributed by atoms with Crippen LogP contribution in [0.25, 0.3) is 10.4 Å². The van der Waals surface area contributed by atoms with Crippen molar-refractivity contribution in [3.63, 3.8) is 0 Å². The van der Waals surface area contributed by atoms with Crippen molar-refractivity contribution >= 4 is 11.8 Å². The summed E-state index contributed by atoms with van der Waals surface area (Å²) >= 11 is 1.33. The van der Waals surface area contributed by atoms with E-state index >= 15 is 0 Å². The summed E-state index contributed by atoms with van der Waals surface area (Å²) in [5.74, 6) is 0. The minimum atomic E-state index is -0.537. The molecular weight excluding hydrogens is 282 g/mol. The number of thioether (sulfide) groups is 1. The molecule has 108 valence electrons. The van der Waals surface area contributed by atoms with E-state index in [1.807, 2.05) is 6.26 Å². The van der Waals surface area contributed by atoms with E-state index < -0.39 is 18.4 Å². The topological polar surface area (TPSA) is 113 Å². The Kier molecular flexibility index (Phi) is 4.66. The molecule has 1 saturated heterocycles. The second-order valence-corrected chi connectivity index (χ2v) is 5.22. The standard InChI is InChI=1S/C11H15N5O3S/c1-6-4-16(11(20-2)13-10(6)18)9-3-7(14-15-12)8(5-17)19-9/h4,7-9,17H,3,5H2,1-2H3/t7-,8+,9+/m0/s1. The zero-order valence-corrected chi connectivity index (χ0v) is 11.9. The van der Waals surface area contributed by atoms with E-state index in [0.717, 1.165) is 0 Å². The van der Waals surface area contributed by atoms with Gasteiger partial charge < -0.3 is 14.4 Å². The molecule has 20 heavy (non-hydrogen) atoms. The summed E-state index contributed by atoms with van der Waals surface area (Å²) in [6.07, 6.45) is 2.99. The van der Waals surface area contributed by atoms with Crippen LogP contribution in [0, 0.1) is 6.92 Å². The van der Waals surface area contributed by atoms with Crippen LogP contribution in [0.2, 0.25) is 0 Å². The largest absolute Gasteiger partial charge is 0.394 e. The van der Waals surface area contributed by atoms with Gasteiger partial charge in [0, 0.05) is 23.1 Å². The van der Waals surface area contributed by atoms with E-state index in [1.165, 1.54) is 11.8 Å². The van der Waals surface area contributed by atoms with Gasteiger partial charge in [0.05, 0.1) is 18.8 Å². The van der Waals surface area contributed by atoms with E-state index in [0.29, 0.717) is 17.1 Å². The van der Waals surface area contributed by atoms with Crippen LogP contribution in [-0.2, 0) is 4.74 Å². The van der Waals surface area contributed by atoms with Crippen molar-refractivity contribution in [3.05, 3.63) is 32.6 Å². The Morgan fingerprint density at radius 3 is 3.10 bits per heavy atom. The van der Waals surface area contributed by atoms with Gasteiger partial charge in [-0.15, -0.1) is 0 Å². The number of nitrogens with zero attached hydrogens (tertiary/aromatic N) is 5. The molecule has 0 aromatic carbocycles. The molecular formula is C11H15N5O3S. The molecule has 2 rings (SSSR count). The lowest BCUT2D eigenvalue weighted by atomic mass is 10.1. The fourth-order valence-electron chi connectivity index (χ4n) is 2.15. The fourth-order valence-corrected chi connectivity index (χ4v) is 2.70. The van der Waals surface area contributed by atoms with Crippen LogP contribution in [0.15, 0.2) is 21.3 Å². The molecule has 1 aromatic rings. The van der Waals surface area contributed by atoms with Crippen LogP contribution in [0.3, 0.4) is 0 Å². The molecule has 0 spiro atoms. The molecule has 9 heteroatoms. The molecule has 2 heterocycles. The fraction of sp³-hybridized carbons (Fsp3) is 0.636. The van der Waals surface area contributed by atoms with Crippen molar-refractivity contribution < 1.29 is 9.84 Å². The summed E-state index contributed by atoms with van der Waals surface area (Å²) in [6.45, 7) is 1.46. The SMILES string of the molecule is CSc1nc(=O)c(C)cn1[C@H]1C[C@H](N=[N+]=[N-])[C@@H](CO)O1. The van der Waals surface area contributed by atoms with Crippen LogP contribution in [0.1, 0.15) is 18.2 Å². The van der Waals surface area contributed by atoms with Gasteiger partial charge in [0.15, 0.2) is 5.16 Å². The maximum Gasteiger partial charge on any atom is 0.276 e. The number of aliphatic hydroxyl groups excluding tert-OH is 1. The number of aromatic nitrogens is 2. The Hall–Kier alpha value is -1.54. The van der Waals surface area contributed by atoms with Crippen molar-refractivity contribution in [2.45, 2.75) is 36.9 Å². The Bertz CT molecular complexity index is 598. The number of aliphatic hydroxyl groups is 1. The smallest absolute Gasteiger partial charge is 0.276 e. The summed E-state index contributed by atoms with van der Waals surface area (Å²) in [5.41, 5.74) is 8.78. The normalized spacial score (nSPS) is 25.4. The van der Waals surface area contributed by atoms with Gasteiger partial charge >= 0.3 is 0 Å². The van der Waals surface area contributed by atoms with Gasteiger partial charge in [-0.2, -0.15) is 4.98 Å². The van der Waals surface area contributed by atoms with Crippen molar-refractivity contribution in [2.24, 2.45) is 5.11 Å². The number of ether oxygens (including phenoxy) is 1. The molecule has 1 N–H and O–H groups in total. The van der Waals surface area contributed by atoms with E-state index in [4.69, 9.17) is 10.3 Å². The summed E-state index contributed by atoms with van der Waals surface area (Å²) in [7, 11) is 0. The van der Waals surface area contributed by atoms with Crippen LogP contribution in [-0.4, -0.2) is 39.7 Å². The van der Waals surface area contributed by atoms with Crippen molar-refractivity contribution in [3.8, 4) is 0 Å². The first-order valence-corrected chi connectivity index (χ1v) is 7.27. The maximum absolute atomic E-state index is 11.6. The third-order valence-corrected chi connectivity index (χ3v) is 3.83. The molecule has 0 unspecified atom stereocenters. The Morgan fingerprint density at radius 2 is 2.50 bits per heavy atom. The summed E-state index contributed by atoms with van der Waals surface area (Å²) in [5, 5.41) is 13.4. The van der Waals surface area contributed by atoms with Gasteiger partial charge in [0.2, 0.25) is 0 Å². The Balaban J connectivity index is 2.35. The second kappa shape index (κ2) is 6.27. The number of hydrogen-bond acceptors (Lipinski definition) is 6. The molecule has 8 nitrogen and oxygen atoms in total. The zero-order chi connectivity index (χ0) is 14.7. The predicted octanol–water partition coefficient (Wildman–Crippen LogP) is 1.23. The molecule has 1 aromatic heterocycles. The number of aryl methyl sites for hydroxylation is 1. The van der Waals surface area contributed by atoms with Gasteiger partial charge in [-0.25, -0.2) is 0 Å². The summed E-state index contributed by atoms with van der Waals surface area (Å²) in [6, 6.07) is -0.426. The summed E-state index contributed by atoms with van der Waals surface area (Å²) < 4.78 is 7.44. The van der Waals surface area contributed by atoms with E-state index in [-0.39, 0.29) is 12.2 Å². The van der Waals surface area contributed by atoms with Crippen LogP contribution < -0.4 is 5.56 Å². The lowest BCUT2D eigenvalue weighted by Gasteiger charge is -2.18. The Morgan fingerprint density at radius 1 is 1.75 bits per heavy atom. The van der Waals surface area contributed by atoms with E-state index in [2.05, 4.69) is 15.0 Å². The lowest BCUT2D eigenvalue weighted by Crippen LogP contribution is -2.23. The van der Waals surface area contributed by atoms with Gasteiger partial charge in [-0.1, -0.05) is 16.9 Å². The van der Waals surface area contributed by atoms with Crippen molar-refractivity contribution in [1.82, 2.24) is 9.55 Å². The summed E-state index contributed by atoms with van der Waals surface area (Å²) in [4.78, 5) is 18.3. The monoisotopic (exact) mass is 297 g/mol. The molecule has 0 aliphatic carbocycles. The van der Waals surface area contributed by atoms with Crippen LogP contribution >= 0.6 is 11.8 Å². The van der Waals surface area contributed by atoms with Gasteiger partial charge in [-0.05, 0) is 18.7 Å². The minimum Gasteiger partial charge on any atom is -0.394 e. The highest BCUT2D eigenvalue weighted by Crippen LogP contribution is 2.32. The average Bonchev–Trinajstić information content (AvgIpc) is 2.84. The molecule has 1 aliphatic rings. The number of azide groups is 1. The molecule has 0 amide bonds. The van der Waals surface area contributed by atoms with E-state index in [1.54, 1.807) is 17.7 Å². The second-order valence-electron chi connectivity index (χ2n) is 4.44. The molecule has 3 atom stereocenters. The number of hydrogen-bond donors (Lipinski definition) is 1. The van der Waals surface area contributed by atoms with Crippen molar-refractivity contribution in [2.75, 3.05) is 12.9 Å². The predicted molar refractivity (Wildman–Crippen MR) is 73.6 cm³/mol.